The fourth-order valence-electron chi connectivity index (χ4n) is 1.85. The van der Waals surface area contributed by atoms with E-state index in [1.54, 1.807) is 0 Å². The number of benzene rings is 1. The van der Waals surface area contributed by atoms with E-state index in [1.165, 1.54) is 31.0 Å². The number of allylic oxidation sites excluding steroid dienone is 1. The molecule has 1 aromatic rings. The number of carbonyl (C=O) groups is 2. The van der Waals surface area contributed by atoms with Gasteiger partial charge in [0.2, 0.25) is 0 Å². The standard InChI is InChI=1S/C13H11ClN2O5S/c1-21-13(18)11-9(4-5-22-11)15-12(17)7-2-3-8(14)10(6-7)16(19)20/h2-3,6H,4-5H2,1H3,(H,15,17). The lowest BCUT2D eigenvalue weighted by atomic mass is 10.2. The first-order valence-electron chi connectivity index (χ1n) is 6.13. The summed E-state index contributed by atoms with van der Waals surface area (Å²) in [5.41, 5.74) is 0.196. The lowest BCUT2D eigenvalue weighted by Crippen LogP contribution is -2.24. The summed E-state index contributed by atoms with van der Waals surface area (Å²) in [7, 11) is 1.26. The van der Waals surface area contributed by atoms with Gasteiger partial charge in [0.1, 0.15) is 9.93 Å². The number of ether oxygens (including phenoxy) is 1. The number of rotatable bonds is 4. The largest absolute Gasteiger partial charge is 0.465 e. The highest BCUT2D eigenvalue weighted by molar-refractivity contribution is 8.04. The first-order chi connectivity index (χ1) is 10.4. The van der Waals surface area contributed by atoms with Gasteiger partial charge in [-0.25, -0.2) is 4.79 Å². The SMILES string of the molecule is COC(=O)C1=C(NC(=O)c2ccc(Cl)c([N+](=O)[O-])c2)CCS1. The zero-order valence-electron chi connectivity index (χ0n) is 11.4. The Hall–Kier alpha value is -2.06. The first-order valence-corrected chi connectivity index (χ1v) is 7.50. The van der Waals surface area contributed by atoms with Crippen LogP contribution in [0.3, 0.4) is 0 Å². The summed E-state index contributed by atoms with van der Waals surface area (Å²) in [5, 5.41) is 13.4. The number of nitrogens with zero attached hydrogens (tertiary/aromatic N) is 1. The molecule has 0 spiro atoms. The molecule has 9 heteroatoms. The highest BCUT2D eigenvalue weighted by atomic mass is 35.5. The fourth-order valence-corrected chi connectivity index (χ4v) is 3.08. The van der Waals surface area contributed by atoms with Crippen LogP contribution >= 0.6 is 23.4 Å². The van der Waals surface area contributed by atoms with Gasteiger partial charge in [0, 0.05) is 23.1 Å². The van der Waals surface area contributed by atoms with Gasteiger partial charge in [-0.3, -0.25) is 14.9 Å². The summed E-state index contributed by atoms with van der Waals surface area (Å²) < 4.78 is 4.64. The van der Waals surface area contributed by atoms with Crippen LogP contribution in [0.15, 0.2) is 28.8 Å². The van der Waals surface area contributed by atoms with Crippen LogP contribution in [-0.2, 0) is 9.53 Å². The second-order valence-corrected chi connectivity index (χ2v) is 5.79. The van der Waals surface area contributed by atoms with Crippen molar-refractivity contribution < 1.29 is 19.2 Å². The first kappa shape index (κ1) is 16.3. The number of thioether (sulfide) groups is 1. The Balaban J connectivity index is 2.24. The number of carbonyl (C=O) groups excluding carboxylic acids is 2. The van der Waals surface area contributed by atoms with E-state index in [4.69, 9.17) is 11.6 Å². The van der Waals surface area contributed by atoms with E-state index in [0.29, 0.717) is 22.8 Å². The van der Waals surface area contributed by atoms with Crippen molar-refractivity contribution in [3.05, 3.63) is 49.5 Å². The maximum atomic E-state index is 12.2. The van der Waals surface area contributed by atoms with Crippen molar-refractivity contribution in [1.82, 2.24) is 5.32 Å². The van der Waals surface area contributed by atoms with Crippen LogP contribution < -0.4 is 5.32 Å². The smallest absolute Gasteiger partial charge is 0.346 e. The molecular formula is C13H11ClN2O5S. The van der Waals surface area contributed by atoms with Crippen molar-refractivity contribution in [2.24, 2.45) is 0 Å². The van der Waals surface area contributed by atoms with E-state index in [-0.39, 0.29) is 16.3 Å². The molecule has 0 saturated heterocycles. The highest BCUT2D eigenvalue weighted by Gasteiger charge is 2.25. The van der Waals surface area contributed by atoms with Gasteiger partial charge >= 0.3 is 5.97 Å². The van der Waals surface area contributed by atoms with Gasteiger partial charge in [0.05, 0.1) is 12.0 Å². The number of methoxy groups -OCH3 is 1. The molecule has 22 heavy (non-hydrogen) atoms. The molecule has 1 N–H and O–H groups in total. The monoisotopic (exact) mass is 342 g/mol. The molecule has 0 unspecified atom stereocenters. The minimum absolute atomic E-state index is 0.0487. The van der Waals surface area contributed by atoms with Crippen LogP contribution in [0, 0.1) is 10.1 Å². The fraction of sp³-hybridized carbons (Fsp3) is 0.231. The number of nitro groups is 1. The van der Waals surface area contributed by atoms with E-state index >= 15 is 0 Å². The average Bonchev–Trinajstić information content (AvgIpc) is 2.94. The lowest BCUT2D eigenvalue weighted by molar-refractivity contribution is -0.384. The molecule has 0 radical (unpaired) electrons. The zero-order chi connectivity index (χ0) is 16.3. The number of nitrogens with one attached hydrogen (secondary N) is 1. The molecule has 1 heterocycles. The minimum atomic E-state index is -0.663. The van der Waals surface area contributed by atoms with Gasteiger partial charge in [-0.1, -0.05) is 11.6 Å². The van der Waals surface area contributed by atoms with Crippen LogP contribution in [0.25, 0.3) is 0 Å². The van der Waals surface area contributed by atoms with Crippen molar-refractivity contribution in [1.29, 1.82) is 0 Å². The second kappa shape index (κ2) is 6.80. The number of nitro benzene ring substituents is 1. The quantitative estimate of drug-likeness (QED) is 0.513. The van der Waals surface area contributed by atoms with Gasteiger partial charge in [0.15, 0.2) is 0 Å². The Labute approximate surface area is 134 Å². The van der Waals surface area contributed by atoms with Gasteiger partial charge < -0.3 is 10.1 Å². The highest BCUT2D eigenvalue weighted by Crippen LogP contribution is 2.31. The minimum Gasteiger partial charge on any atom is -0.465 e. The van der Waals surface area contributed by atoms with Crippen LogP contribution in [0.5, 0.6) is 0 Å². The van der Waals surface area contributed by atoms with Crippen molar-refractivity contribution in [2.75, 3.05) is 12.9 Å². The Morgan fingerprint density at radius 2 is 2.18 bits per heavy atom. The van der Waals surface area contributed by atoms with Crippen LogP contribution in [0.2, 0.25) is 5.02 Å². The molecule has 7 nitrogen and oxygen atoms in total. The molecule has 0 aliphatic carbocycles. The maximum Gasteiger partial charge on any atom is 0.346 e. The van der Waals surface area contributed by atoms with Gasteiger partial charge in [-0.05, 0) is 18.6 Å². The Kier molecular flexibility index (Phi) is 5.04. The molecule has 0 bridgehead atoms. The third-order valence-electron chi connectivity index (χ3n) is 2.91. The van der Waals surface area contributed by atoms with Gasteiger partial charge in [-0.2, -0.15) is 0 Å². The molecular weight excluding hydrogens is 332 g/mol. The van der Waals surface area contributed by atoms with Crippen LogP contribution in [0.4, 0.5) is 5.69 Å². The molecule has 0 atom stereocenters. The molecule has 0 saturated carbocycles. The van der Waals surface area contributed by atoms with Crippen LogP contribution in [0.1, 0.15) is 16.8 Å². The molecule has 1 aliphatic heterocycles. The van der Waals surface area contributed by atoms with E-state index in [1.807, 2.05) is 0 Å². The number of halogens is 1. The maximum absolute atomic E-state index is 12.2. The molecule has 2 rings (SSSR count). The number of esters is 1. The Morgan fingerprint density at radius 3 is 2.82 bits per heavy atom. The van der Waals surface area contributed by atoms with Gasteiger partial charge in [0.25, 0.3) is 11.6 Å². The summed E-state index contributed by atoms with van der Waals surface area (Å²) in [5.74, 6) is -0.403. The summed E-state index contributed by atoms with van der Waals surface area (Å²) >= 11 is 6.99. The van der Waals surface area contributed by atoms with Crippen LogP contribution in [-0.4, -0.2) is 29.7 Å². The van der Waals surface area contributed by atoms with Crippen molar-refractivity contribution in [2.45, 2.75) is 6.42 Å². The van der Waals surface area contributed by atoms with E-state index in [2.05, 4.69) is 10.1 Å². The number of hydrogen-bond donors (Lipinski definition) is 1. The van der Waals surface area contributed by atoms with Crippen molar-refractivity contribution in [3.8, 4) is 0 Å². The summed E-state index contributed by atoms with van der Waals surface area (Å²) in [6.07, 6.45) is 0.510. The van der Waals surface area contributed by atoms with Gasteiger partial charge in [-0.15, -0.1) is 11.8 Å². The Morgan fingerprint density at radius 1 is 1.45 bits per heavy atom. The predicted molar refractivity (Wildman–Crippen MR) is 81.7 cm³/mol. The predicted octanol–water partition coefficient (Wildman–Crippen LogP) is 2.50. The summed E-state index contributed by atoms with van der Waals surface area (Å²) in [6, 6.07) is 3.76. The molecule has 1 amide bonds. The lowest BCUT2D eigenvalue weighted by Gasteiger charge is -2.08. The van der Waals surface area contributed by atoms with Crippen molar-refractivity contribution in [3.63, 3.8) is 0 Å². The van der Waals surface area contributed by atoms with E-state index in [0.717, 1.165) is 6.07 Å². The third-order valence-corrected chi connectivity index (χ3v) is 4.34. The summed E-state index contributed by atoms with van der Waals surface area (Å²) in [4.78, 5) is 34.3. The third kappa shape index (κ3) is 3.40. The average molecular weight is 343 g/mol. The van der Waals surface area contributed by atoms with Crippen molar-refractivity contribution >= 4 is 40.9 Å². The van der Waals surface area contributed by atoms with E-state index in [9.17, 15) is 19.7 Å². The Bertz CT molecular complexity index is 689. The zero-order valence-corrected chi connectivity index (χ0v) is 13.0. The summed E-state index contributed by atoms with van der Waals surface area (Å²) in [6.45, 7) is 0. The normalized spacial score (nSPS) is 13.9. The molecule has 1 aromatic carbocycles. The van der Waals surface area contributed by atoms with E-state index < -0.39 is 16.8 Å². The molecule has 1 aliphatic rings. The topological polar surface area (TPSA) is 98.5 Å². The number of amides is 1. The second-order valence-electron chi connectivity index (χ2n) is 4.28. The number of hydrogen-bond acceptors (Lipinski definition) is 6. The molecule has 0 aromatic heterocycles. The molecule has 116 valence electrons. The molecule has 0 fully saturated rings.